The number of hydrogen-bond donors (Lipinski definition) is 2. The maximum absolute atomic E-state index is 12.7. The Bertz CT molecular complexity index is 930. The van der Waals surface area contributed by atoms with Gasteiger partial charge in [0.05, 0.1) is 10.6 Å². The van der Waals surface area contributed by atoms with Crippen molar-refractivity contribution < 1.29 is 13.5 Å². The molecule has 0 saturated heterocycles. The van der Waals surface area contributed by atoms with E-state index in [1.54, 1.807) is 36.4 Å². The van der Waals surface area contributed by atoms with Gasteiger partial charge in [-0.2, -0.15) is 0 Å². The van der Waals surface area contributed by atoms with Gasteiger partial charge < -0.3 is 5.11 Å². The lowest BCUT2D eigenvalue weighted by atomic mass is 9.71. The van der Waals surface area contributed by atoms with Crippen LogP contribution >= 0.6 is 0 Å². The molecule has 2 atom stereocenters. The second-order valence-electron chi connectivity index (χ2n) is 6.55. The fraction of sp³-hybridized carbons (Fsp3) is 0.263. The van der Waals surface area contributed by atoms with Crippen molar-refractivity contribution in [3.8, 4) is 5.75 Å². The van der Waals surface area contributed by atoms with Gasteiger partial charge in [-0.3, -0.25) is 4.72 Å². The van der Waals surface area contributed by atoms with Crippen LogP contribution in [0.15, 0.2) is 53.4 Å². The monoisotopic (exact) mass is 341 g/mol. The summed E-state index contributed by atoms with van der Waals surface area (Å²) in [6.45, 7) is 1.92. The number of benzene rings is 2. The number of phenols is 1. The van der Waals surface area contributed by atoms with E-state index in [9.17, 15) is 13.5 Å². The Morgan fingerprint density at radius 3 is 2.21 bits per heavy atom. The molecule has 2 bridgehead atoms. The van der Waals surface area contributed by atoms with Gasteiger partial charge in [0.2, 0.25) is 0 Å². The van der Waals surface area contributed by atoms with Crippen LogP contribution in [0.5, 0.6) is 5.75 Å². The van der Waals surface area contributed by atoms with Gasteiger partial charge in [-0.05, 0) is 49.6 Å². The zero-order valence-electron chi connectivity index (χ0n) is 13.4. The highest BCUT2D eigenvalue weighted by Gasteiger charge is 2.34. The normalized spacial score (nSPS) is 21.5. The Labute approximate surface area is 141 Å². The lowest BCUT2D eigenvalue weighted by Crippen LogP contribution is -2.21. The second kappa shape index (κ2) is 5.38. The van der Waals surface area contributed by atoms with E-state index in [0.29, 0.717) is 5.69 Å². The highest BCUT2D eigenvalue weighted by Crippen LogP contribution is 2.51. The maximum Gasteiger partial charge on any atom is 0.261 e. The minimum absolute atomic E-state index is 0.160. The summed E-state index contributed by atoms with van der Waals surface area (Å²) >= 11 is 0. The number of fused-ring (bicyclic) bond motifs is 1. The molecule has 2 N–H and O–H groups in total. The molecule has 2 aromatic carbocycles. The number of nitrogens with one attached hydrogen (secondary N) is 1. The SMILES string of the molecule is Cc1ccc(S(=O)(=O)Nc2ccc(O)c3c2[C@@H]2C=C[C@H]3CC2)cc1. The minimum atomic E-state index is -3.65. The predicted octanol–water partition coefficient (Wildman–Crippen LogP) is 4.03. The van der Waals surface area contributed by atoms with Crippen molar-refractivity contribution in [1.29, 1.82) is 0 Å². The molecule has 0 aromatic heterocycles. The van der Waals surface area contributed by atoms with Gasteiger partial charge in [0.25, 0.3) is 10.0 Å². The molecule has 3 aliphatic rings. The van der Waals surface area contributed by atoms with Crippen molar-refractivity contribution in [3.63, 3.8) is 0 Å². The van der Waals surface area contributed by atoms with Crippen LogP contribution in [-0.2, 0) is 10.0 Å². The lowest BCUT2D eigenvalue weighted by Gasteiger charge is -2.35. The summed E-state index contributed by atoms with van der Waals surface area (Å²) in [4.78, 5) is 0.242. The van der Waals surface area contributed by atoms with Crippen molar-refractivity contribution in [3.05, 3.63) is 65.2 Å². The molecule has 0 radical (unpaired) electrons. The molecule has 2 aromatic rings. The van der Waals surface area contributed by atoms with Crippen LogP contribution in [0.1, 0.15) is 41.4 Å². The average molecular weight is 341 g/mol. The Morgan fingerprint density at radius 2 is 1.58 bits per heavy atom. The van der Waals surface area contributed by atoms with Crippen LogP contribution in [-0.4, -0.2) is 13.5 Å². The van der Waals surface area contributed by atoms with Gasteiger partial charge in [-0.25, -0.2) is 8.42 Å². The van der Waals surface area contributed by atoms with E-state index < -0.39 is 10.0 Å². The summed E-state index contributed by atoms with van der Waals surface area (Å²) in [5.41, 5.74) is 3.38. The first kappa shape index (κ1) is 15.3. The summed E-state index contributed by atoms with van der Waals surface area (Å²) in [6.07, 6.45) is 6.22. The third-order valence-electron chi connectivity index (χ3n) is 4.95. The predicted molar refractivity (Wildman–Crippen MR) is 94.0 cm³/mol. The van der Waals surface area contributed by atoms with Crippen LogP contribution in [0, 0.1) is 6.92 Å². The highest BCUT2D eigenvalue weighted by molar-refractivity contribution is 7.92. The van der Waals surface area contributed by atoms with Gasteiger partial charge >= 0.3 is 0 Å². The Balaban J connectivity index is 1.77. The van der Waals surface area contributed by atoms with E-state index in [1.165, 1.54) is 0 Å². The number of rotatable bonds is 3. The number of aryl methyl sites for hydroxylation is 1. The lowest BCUT2D eigenvalue weighted by molar-refractivity contribution is 0.448. The fourth-order valence-electron chi connectivity index (χ4n) is 3.73. The van der Waals surface area contributed by atoms with Crippen LogP contribution in [0.25, 0.3) is 0 Å². The molecule has 5 heteroatoms. The minimum Gasteiger partial charge on any atom is -0.508 e. The van der Waals surface area contributed by atoms with Crippen molar-refractivity contribution in [2.45, 2.75) is 36.5 Å². The maximum atomic E-state index is 12.7. The van der Waals surface area contributed by atoms with Crippen LogP contribution < -0.4 is 4.72 Å². The molecule has 0 aliphatic heterocycles. The second-order valence-corrected chi connectivity index (χ2v) is 8.24. The summed E-state index contributed by atoms with van der Waals surface area (Å²) in [6, 6.07) is 10.0. The van der Waals surface area contributed by atoms with Gasteiger partial charge in [-0.1, -0.05) is 29.8 Å². The Kier molecular flexibility index (Phi) is 3.42. The van der Waals surface area contributed by atoms with Crippen LogP contribution in [0.2, 0.25) is 0 Å². The topological polar surface area (TPSA) is 66.4 Å². The molecule has 0 unspecified atom stereocenters. The number of phenolic OH excluding ortho intramolecular Hbond substituents is 1. The summed E-state index contributed by atoms with van der Waals surface area (Å²) in [7, 11) is -3.65. The van der Waals surface area contributed by atoms with Crippen molar-refractivity contribution in [2.75, 3.05) is 4.72 Å². The van der Waals surface area contributed by atoms with Crippen LogP contribution in [0.3, 0.4) is 0 Å². The zero-order chi connectivity index (χ0) is 16.9. The third-order valence-corrected chi connectivity index (χ3v) is 6.33. The molecule has 24 heavy (non-hydrogen) atoms. The highest BCUT2D eigenvalue weighted by atomic mass is 32.2. The first-order valence-electron chi connectivity index (χ1n) is 8.09. The largest absolute Gasteiger partial charge is 0.508 e. The first-order chi connectivity index (χ1) is 11.5. The molecule has 0 fully saturated rings. The standard InChI is InChI=1S/C19H19NO3S/c1-12-2-8-15(9-3-12)24(22,23)20-16-10-11-17(21)19-14-6-4-13(5-7-14)18(16)19/h2-4,6,8-11,13-14,20-21H,5,7H2,1H3/t13-,14+/m1/s1. The molecule has 124 valence electrons. The summed E-state index contributed by atoms with van der Waals surface area (Å²) in [5, 5.41) is 10.2. The van der Waals surface area contributed by atoms with E-state index in [-0.39, 0.29) is 22.5 Å². The molecule has 0 spiro atoms. The first-order valence-corrected chi connectivity index (χ1v) is 9.57. The Hall–Kier alpha value is -2.27. The molecule has 4 nitrogen and oxygen atoms in total. The number of allylic oxidation sites excluding steroid dienone is 2. The van der Waals surface area contributed by atoms with Gasteiger partial charge in [-0.15, -0.1) is 0 Å². The van der Waals surface area contributed by atoms with E-state index in [0.717, 1.165) is 29.5 Å². The zero-order valence-corrected chi connectivity index (χ0v) is 14.2. The van der Waals surface area contributed by atoms with E-state index >= 15 is 0 Å². The van der Waals surface area contributed by atoms with E-state index in [4.69, 9.17) is 0 Å². The van der Waals surface area contributed by atoms with E-state index in [1.807, 2.05) is 6.92 Å². The quantitative estimate of drug-likeness (QED) is 0.654. The average Bonchev–Trinajstić information content (AvgIpc) is 2.58. The molecular weight excluding hydrogens is 322 g/mol. The molecule has 0 amide bonds. The Morgan fingerprint density at radius 1 is 0.958 bits per heavy atom. The summed E-state index contributed by atoms with van der Waals surface area (Å²) < 4.78 is 28.1. The summed E-state index contributed by atoms with van der Waals surface area (Å²) in [5.74, 6) is 0.587. The van der Waals surface area contributed by atoms with Crippen molar-refractivity contribution >= 4 is 15.7 Å². The van der Waals surface area contributed by atoms with Gasteiger partial charge in [0, 0.05) is 17.4 Å². The van der Waals surface area contributed by atoms with Gasteiger partial charge in [0.15, 0.2) is 0 Å². The molecular formula is C19H19NO3S. The smallest absolute Gasteiger partial charge is 0.261 e. The van der Waals surface area contributed by atoms with E-state index in [2.05, 4.69) is 16.9 Å². The van der Waals surface area contributed by atoms with Crippen molar-refractivity contribution in [1.82, 2.24) is 0 Å². The molecule has 5 rings (SSSR count). The third kappa shape index (κ3) is 2.40. The van der Waals surface area contributed by atoms with Crippen molar-refractivity contribution in [2.24, 2.45) is 0 Å². The molecule has 3 aliphatic carbocycles. The molecule has 0 saturated carbocycles. The number of sulfonamides is 1. The van der Waals surface area contributed by atoms with Crippen LogP contribution in [0.4, 0.5) is 5.69 Å². The number of anilines is 1. The number of hydrogen-bond acceptors (Lipinski definition) is 3. The van der Waals surface area contributed by atoms with Gasteiger partial charge in [0.1, 0.15) is 5.75 Å². The molecule has 0 heterocycles. The number of aromatic hydroxyl groups is 1. The fourth-order valence-corrected chi connectivity index (χ4v) is 4.80.